The Morgan fingerprint density at radius 3 is 1.42 bits per heavy atom. The second kappa shape index (κ2) is 16.4. The van der Waals surface area contributed by atoms with Crippen molar-refractivity contribution in [2.45, 2.75) is 96.3 Å². The van der Waals surface area contributed by atoms with E-state index in [1.807, 2.05) is 0 Å². The van der Waals surface area contributed by atoms with E-state index in [0.717, 1.165) is 17.1 Å². The summed E-state index contributed by atoms with van der Waals surface area (Å²) in [6, 6.07) is 84.0. The Balaban J connectivity index is 1.11. The second-order valence-corrected chi connectivity index (χ2v) is 25.3. The average molecular weight is 995 g/mol. The highest BCUT2D eigenvalue weighted by molar-refractivity contribution is 6.04. The van der Waals surface area contributed by atoms with Crippen LogP contribution >= 0.6 is 0 Å². The monoisotopic (exact) mass is 995 g/mol. The van der Waals surface area contributed by atoms with Crippen LogP contribution in [0.1, 0.15) is 125 Å². The van der Waals surface area contributed by atoms with Gasteiger partial charge in [0.25, 0.3) is 0 Å². The maximum Gasteiger partial charge on any atom is 0.0727 e. The molecular weight excluding hydrogens is 929 g/mol. The normalized spacial score (nSPS) is 15.4. The zero-order valence-electron chi connectivity index (χ0n) is 46.2. The SMILES string of the molecule is CC(C)(C)c1ccc2c(c1)C1(c3cc(C(C)(C)C)ccc3-2)c2cc(N(c3ccc4c(c3)-c3ccccc3C4(C)C)c3ccccc3-c3ccccc3)ccc2-c2c(N3c4ccccc4C(C)(C)c4ccccc43)cccc21. The van der Waals surface area contributed by atoms with Crippen molar-refractivity contribution in [2.24, 2.45) is 0 Å². The molecule has 376 valence electrons. The molecule has 0 fully saturated rings. The molecule has 0 aromatic heterocycles. The molecule has 0 unspecified atom stereocenters. The quantitative estimate of drug-likeness (QED) is 0.170. The molecule has 10 aromatic rings. The van der Waals surface area contributed by atoms with E-state index in [1.54, 1.807) is 0 Å². The van der Waals surface area contributed by atoms with E-state index in [9.17, 15) is 0 Å². The largest absolute Gasteiger partial charge is 0.310 e. The van der Waals surface area contributed by atoms with Gasteiger partial charge in [0.05, 0.1) is 28.2 Å². The minimum Gasteiger partial charge on any atom is -0.310 e. The molecule has 1 heterocycles. The molecule has 3 aliphatic carbocycles. The molecule has 14 rings (SSSR count). The maximum atomic E-state index is 2.60. The first-order chi connectivity index (χ1) is 37.0. The molecule has 10 aromatic carbocycles. The molecule has 0 radical (unpaired) electrons. The highest BCUT2D eigenvalue weighted by Gasteiger charge is 2.54. The van der Waals surface area contributed by atoms with Crippen molar-refractivity contribution in [1.29, 1.82) is 0 Å². The van der Waals surface area contributed by atoms with Crippen molar-refractivity contribution >= 4 is 34.1 Å². The fraction of sp³-hybridized carbons (Fsp3) is 0.200. The molecule has 0 atom stereocenters. The first-order valence-corrected chi connectivity index (χ1v) is 27.8. The van der Waals surface area contributed by atoms with E-state index in [1.165, 1.54) is 117 Å². The van der Waals surface area contributed by atoms with Crippen LogP contribution in [0.15, 0.2) is 218 Å². The van der Waals surface area contributed by atoms with E-state index >= 15 is 0 Å². The van der Waals surface area contributed by atoms with Gasteiger partial charge >= 0.3 is 0 Å². The molecule has 1 spiro atoms. The molecule has 0 saturated carbocycles. The first kappa shape index (κ1) is 47.3. The lowest BCUT2D eigenvalue weighted by atomic mass is 9.68. The first-order valence-electron chi connectivity index (χ1n) is 27.8. The van der Waals surface area contributed by atoms with Gasteiger partial charge in [-0.1, -0.05) is 239 Å². The second-order valence-electron chi connectivity index (χ2n) is 25.3. The van der Waals surface area contributed by atoms with Gasteiger partial charge < -0.3 is 9.80 Å². The van der Waals surface area contributed by atoms with E-state index in [0.29, 0.717) is 0 Å². The van der Waals surface area contributed by atoms with Crippen LogP contribution in [0.3, 0.4) is 0 Å². The van der Waals surface area contributed by atoms with Gasteiger partial charge in [-0.25, -0.2) is 0 Å². The smallest absolute Gasteiger partial charge is 0.0727 e. The molecule has 77 heavy (non-hydrogen) atoms. The van der Waals surface area contributed by atoms with E-state index < -0.39 is 5.41 Å². The lowest BCUT2D eigenvalue weighted by Crippen LogP contribution is -2.31. The predicted molar refractivity (Wildman–Crippen MR) is 325 cm³/mol. The van der Waals surface area contributed by atoms with Crippen LogP contribution in [0, 0.1) is 0 Å². The Labute approximate surface area is 456 Å². The minimum atomic E-state index is -0.663. The van der Waals surface area contributed by atoms with Gasteiger partial charge in [0.15, 0.2) is 0 Å². The molecule has 1 aliphatic heterocycles. The van der Waals surface area contributed by atoms with Gasteiger partial charge in [-0.05, 0) is 148 Å². The van der Waals surface area contributed by atoms with Gasteiger partial charge in [0.2, 0.25) is 0 Å². The van der Waals surface area contributed by atoms with Crippen molar-refractivity contribution in [2.75, 3.05) is 9.80 Å². The summed E-state index contributed by atoms with van der Waals surface area (Å²) in [6.45, 7) is 23.7. The summed E-state index contributed by atoms with van der Waals surface area (Å²) in [6.07, 6.45) is 0. The van der Waals surface area contributed by atoms with Crippen LogP contribution in [-0.4, -0.2) is 0 Å². The van der Waals surface area contributed by atoms with Crippen molar-refractivity contribution < 1.29 is 0 Å². The van der Waals surface area contributed by atoms with Gasteiger partial charge in [-0.3, -0.25) is 0 Å². The molecule has 4 aliphatic rings. The molecule has 0 N–H and O–H groups in total. The summed E-state index contributed by atoms with van der Waals surface area (Å²) in [5.41, 5.74) is 29.5. The number of hydrogen-bond acceptors (Lipinski definition) is 2. The van der Waals surface area contributed by atoms with Crippen molar-refractivity contribution in [1.82, 2.24) is 0 Å². The predicted octanol–water partition coefficient (Wildman–Crippen LogP) is 20.2. The van der Waals surface area contributed by atoms with E-state index in [4.69, 9.17) is 0 Å². The van der Waals surface area contributed by atoms with Gasteiger partial charge in [-0.2, -0.15) is 0 Å². The van der Waals surface area contributed by atoms with Crippen molar-refractivity contribution in [3.8, 4) is 44.5 Å². The maximum absolute atomic E-state index is 2.60. The van der Waals surface area contributed by atoms with Crippen molar-refractivity contribution in [3.63, 3.8) is 0 Å². The number of para-hydroxylation sites is 3. The molecule has 2 heteroatoms. The third-order valence-corrected chi connectivity index (χ3v) is 18.2. The lowest BCUT2D eigenvalue weighted by molar-refractivity contribution is 0.586. The summed E-state index contributed by atoms with van der Waals surface area (Å²) in [5.74, 6) is 0. The third-order valence-electron chi connectivity index (χ3n) is 18.2. The highest BCUT2D eigenvalue weighted by Crippen LogP contribution is 2.67. The lowest BCUT2D eigenvalue weighted by Gasteiger charge is -2.42. The summed E-state index contributed by atoms with van der Waals surface area (Å²) in [7, 11) is 0. The van der Waals surface area contributed by atoms with Crippen LogP contribution in [0.25, 0.3) is 44.5 Å². The Morgan fingerprint density at radius 2 is 0.779 bits per heavy atom. The van der Waals surface area contributed by atoms with Crippen LogP contribution < -0.4 is 9.80 Å². The molecule has 0 saturated heterocycles. The number of anilines is 6. The van der Waals surface area contributed by atoms with E-state index in [2.05, 4.69) is 297 Å². The van der Waals surface area contributed by atoms with Crippen LogP contribution in [0.5, 0.6) is 0 Å². The van der Waals surface area contributed by atoms with E-state index in [-0.39, 0.29) is 21.7 Å². The Kier molecular flexibility index (Phi) is 10.1. The summed E-state index contributed by atoms with van der Waals surface area (Å²) in [4.78, 5) is 5.15. The van der Waals surface area contributed by atoms with Crippen LogP contribution in [-0.2, 0) is 27.1 Å². The standard InChI is InChI=1S/C75H66N2/c1-71(2,3)48-35-39-54-55-40-36-49(72(4,5)6)44-64(55)75(63(54)43-48)62-30-22-34-69(77-67-32-20-17-28-60(67)74(9,10)61-29-18-21-33-68(61)77)70(62)56-41-37-51(46-65(56)75)76(66-31-19-15-25-52(66)47-23-12-11-13-24-47)50-38-42-59-57(45-50)53-26-14-16-27-58(53)73(59,7)8/h11-46H,1-10H3. The van der Waals surface area contributed by atoms with Crippen molar-refractivity contribution in [3.05, 3.63) is 274 Å². The zero-order chi connectivity index (χ0) is 53.0. The number of fused-ring (bicyclic) bond motifs is 15. The highest BCUT2D eigenvalue weighted by atomic mass is 15.2. The van der Waals surface area contributed by atoms with Gasteiger partial charge in [0, 0.05) is 33.3 Å². The zero-order valence-corrected chi connectivity index (χ0v) is 46.2. The van der Waals surface area contributed by atoms with Crippen LogP contribution in [0.4, 0.5) is 34.1 Å². The van der Waals surface area contributed by atoms with Crippen LogP contribution in [0.2, 0.25) is 0 Å². The number of hydrogen-bond donors (Lipinski definition) is 0. The Bertz CT molecular complexity index is 3960. The topological polar surface area (TPSA) is 6.48 Å². The number of benzene rings is 10. The third kappa shape index (κ3) is 6.67. The Hall–Kier alpha value is -8.20. The number of nitrogens with zero attached hydrogens (tertiary/aromatic N) is 2. The average Bonchev–Trinajstić information content (AvgIpc) is 4.02. The van der Waals surface area contributed by atoms with Gasteiger partial charge in [-0.15, -0.1) is 0 Å². The summed E-state index contributed by atoms with van der Waals surface area (Å²) < 4.78 is 0. The molecule has 2 nitrogen and oxygen atoms in total. The molecule has 0 amide bonds. The fourth-order valence-electron chi connectivity index (χ4n) is 14.2. The van der Waals surface area contributed by atoms with Gasteiger partial charge in [0.1, 0.15) is 0 Å². The summed E-state index contributed by atoms with van der Waals surface area (Å²) in [5, 5.41) is 0. The Morgan fingerprint density at radius 1 is 0.325 bits per heavy atom. The molecule has 0 bridgehead atoms. The fourth-order valence-corrected chi connectivity index (χ4v) is 14.2. The minimum absolute atomic E-state index is 0.0811. The summed E-state index contributed by atoms with van der Waals surface area (Å²) >= 11 is 0. The molecular formula is C75H66N2. The number of rotatable bonds is 5.